The van der Waals surface area contributed by atoms with Crippen molar-refractivity contribution < 1.29 is 28.5 Å². The zero-order chi connectivity index (χ0) is 28.8. The lowest BCUT2D eigenvalue weighted by Crippen LogP contribution is -2.60. The molecule has 1 heterocycles. The van der Waals surface area contributed by atoms with Crippen LogP contribution in [0.1, 0.15) is 36.7 Å². The number of thioether (sulfide) groups is 1. The fourth-order valence-corrected chi connectivity index (χ4v) is 6.27. The number of aliphatic hydroxyl groups excluding tert-OH is 1. The Morgan fingerprint density at radius 1 is 0.900 bits per heavy atom. The lowest BCUT2D eigenvalue weighted by molar-refractivity contribution is -0.223. The predicted molar refractivity (Wildman–Crippen MR) is 161 cm³/mol. The van der Waals surface area contributed by atoms with Crippen LogP contribution in [0.3, 0.4) is 0 Å². The summed E-state index contributed by atoms with van der Waals surface area (Å²) < 4.78 is 25.4. The van der Waals surface area contributed by atoms with Gasteiger partial charge in [0, 0.05) is 4.90 Å². The van der Waals surface area contributed by atoms with E-state index in [1.54, 1.807) is 24.3 Å². The number of hydrogen-bond acceptors (Lipinski definition) is 7. The van der Waals surface area contributed by atoms with Gasteiger partial charge in [0.15, 0.2) is 14.4 Å². The Balaban J connectivity index is 1.62. The lowest BCUT2D eigenvalue weighted by Gasteiger charge is -2.45. The van der Waals surface area contributed by atoms with E-state index in [0.717, 1.165) is 10.5 Å². The second-order valence-corrected chi connectivity index (χ2v) is 17.5. The van der Waals surface area contributed by atoms with Crippen LogP contribution in [0.4, 0.5) is 0 Å². The standard InChI is InChI=1S/C32H40O6SSi/c1-32(2,3)40(4,5)36-22-26-28(35-21-23-15-9-6-10-16-23)27(33)29(38-30(34)24-17-11-7-12-18-24)31(37-26)39-25-19-13-8-14-20-25/h6-20,26-29,31,33H,21-22H2,1-5H3/t26-,27+,28+,29-,31+/m1/s1. The number of hydrogen-bond donors (Lipinski definition) is 1. The minimum Gasteiger partial charge on any atom is -0.452 e. The number of rotatable bonds is 10. The Kier molecular flexibility index (Phi) is 10.3. The normalized spacial score (nSPS) is 23.5. The van der Waals surface area contributed by atoms with Gasteiger partial charge in [-0.05, 0) is 48.0 Å². The molecule has 0 unspecified atom stereocenters. The minimum atomic E-state index is -2.12. The van der Waals surface area contributed by atoms with Crippen molar-refractivity contribution in [3.05, 3.63) is 102 Å². The van der Waals surface area contributed by atoms with Gasteiger partial charge >= 0.3 is 5.97 Å². The predicted octanol–water partition coefficient (Wildman–Crippen LogP) is 6.70. The third-order valence-corrected chi connectivity index (χ3v) is 13.2. The van der Waals surface area contributed by atoms with Crippen molar-refractivity contribution in [2.75, 3.05) is 6.61 Å². The monoisotopic (exact) mass is 580 g/mol. The fraction of sp³-hybridized carbons (Fsp3) is 0.406. The molecule has 5 atom stereocenters. The Hall–Kier alpha value is -2.46. The molecule has 0 amide bonds. The molecule has 0 radical (unpaired) electrons. The van der Waals surface area contributed by atoms with Crippen LogP contribution in [0.15, 0.2) is 95.9 Å². The van der Waals surface area contributed by atoms with Gasteiger partial charge in [0.25, 0.3) is 0 Å². The molecular weight excluding hydrogens is 540 g/mol. The summed E-state index contributed by atoms with van der Waals surface area (Å²) in [4.78, 5) is 14.1. The lowest BCUT2D eigenvalue weighted by atomic mass is 9.99. The molecule has 3 aromatic rings. The van der Waals surface area contributed by atoms with Crippen LogP contribution in [0.5, 0.6) is 0 Å². The van der Waals surface area contributed by atoms with Crippen molar-refractivity contribution in [3.8, 4) is 0 Å². The van der Waals surface area contributed by atoms with Gasteiger partial charge in [-0.25, -0.2) is 4.79 Å². The van der Waals surface area contributed by atoms with Gasteiger partial charge in [0.2, 0.25) is 0 Å². The summed E-state index contributed by atoms with van der Waals surface area (Å²) in [6.45, 7) is 11.5. The molecule has 0 aromatic heterocycles. The summed E-state index contributed by atoms with van der Waals surface area (Å²) in [5.74, 6) is -0.523. The Labute approximate surface area is 243 Å². The molecule has 8 heteroatoms. The highest BCUT2D eigenvalue weighted by atomic mass is 32.2. The second kappa shape index (κ2) is 13.5. The van der Waals surface area contributed by atoms with Crippen LogP contribution in [0.2, 0.25) is 18.1 Å². The maximum absolute atomic E-state index is 13.1. The Morgan fingerprint density at radius 3 is 2.08 bits per heavy atom. The van der Waals surface area contributed by atoms with Gasteiger partial charge in [-0.15, -0.1) is 0 Å². The minimum absolute atomic E-state index is 0.00656. The SMILES string of the molecule is CC(C)(C)[Si](C)(C)OC[C@H]1O[C@@H](Sc2ccccc2)[C@H](OC(=O)c2ccccc2)[C@@H](O)[C@H]1OCc1ccccc1. The number of aliphatic hydroxyl groups is 1. The quantitative estimate of drug-likeness (QED) is 0.211. The van der Waals surface area contributed by atoms with Crippen LogP contribution in [0.25, 0.3) is 0 Å². The summed E-state index contributed by atoms with van der Waals surface area (Å²) in [6.07, 6.45) is -3.45. The molecule has 40 heavy (non-hydrogen) atoms. The first-order chi connectivity index (χ1) is 19.0. The smallest absolute Gasteiger partial charge is 0.338 e. The average molecular weight is 581 g/mol. The first kappa shape index (κ1) is 30.5. The molecule has 1 N–H and O–H groups in total. The van der Waals surface area contributed by atoms with E-state index in [1.165, 1.54) is 11.8 Å². The van der Waals surface area contributed by atoms with E-state index < -0.39 is 44.1 Å². The molecule has 3 aromatic carbocycles. The molecule has 4 rings (SSSR count). The van der Waals surface area contributed by atoms with E-state index in [1.807, 2.05) is 66.7 Å². The van der Waals surface area contributed by atoms with E-state index in [2.05, 4.69) is 33.9 Å². The molecule has 0 aliphatic carbocycles. The second-order valence-electron chi connectivity index (χ2n) is 11.5. The third kappa shape index (κ3) is 7.84. The number of esters is 1. The van der Waals surface area contributed by atoms with Gasteiger partial charge in [-0.3, -0.25) is 0 Å². The van der Waals surface area contributed by atoms with Crippen LogP contribution in [-0.2, 0) is 25.2 Å². The van der Waals surface area contributed by atoms with Crippen LogP contribution >= 0.6 is 11.8 Å². The maximum Gasteiger partial charge on any atom is 0.338 e. The van der Waals surface area contributed by atoms with Crippen molar-refractivity contribution in [1.82, 2.24) is 0 Å². The van der Waals surface area contributed by atoms with E-state index in [-0.39, 0.29) is 18.3 Å². The Morgan fingerprint density at radius 2 is 1.48 bits per heavy atom. The fourth-order valence-electron chi connectivity index (χ4n) is 4.13. The van der Waals surface area contributed by atoms with Crippen molar-refractivity contribution in [2.24, 2.45) is 0 Å². The molecule has 1 fully saturated rings. The highest BCUT2D eigenvalue weighted by molar-refractivity contribution is 7.99. The number of carbonyl (C=O) groups is 1. The van der Waals surface area contributed by atoms with E-state index in [0.29, 0.717) is 5.56 Å². The average Bonchev–Trinajstić information content (AvgIpc) is 2.94. The molecule has 6 nitrogen and oxygen atoms in total. The van der Waals surface area contributed by atoms with Crippen LogP contribution < -0.4 is 0 Å². The molecule has 0 spiro atoms. The van der Waals surface area contributed by atoms with Gasteiger partial charge in [-0.2, -0.15) is 0 Å². The van der Waals surface area contributed by atoms with Gasteiger partial charge in [0.05, 0.1) is 18.8 Å². The molecule has 0 saturated carbocycles. The van der Waals surface area contributed by atoms with E-state index in [9.17, 15) is 9.90 Å². The van der Waals surface area contributed by atoms with Crippen molar-refractivity contribution in [3.63, 3.8) is 0 Å². The molecule has 214 valence electrons. The summed E-state index contributed by atoms with van der Waals surface area (Å²) in [6, 6.07) is 28.3. The van der Waals surface area contributed by atoms with Crippen molar-refractivity contribution in [1.29, 1.82) is 0 Å². The number of ether oxygens (including phenoxy) is 3. The molecule has 0 bridgehead atoms. The number of carbonyl (C=O) groups excluding carboxylic acids is 1. The first-order valence-electron chi connectivity index (χ1n) is 13.7. The van der Waals surface area contributed by atoms with Crippen LogP contribution in [-0.4, -0.2) is 55.9 Å². The third-order valence-electron chi connectivity index (χ3n) is 7.56. The van der Waals surface area contributed by atoms with Crippen LogP contribution in [0, 0.1) is 0 Å². The topological polar surface area (TPSA) is 74.2 Å². The summed E-state index contributed by atoms with van der Waals surface area (Å²) in [5.41, 5.74) is 0.704. The molecule has 1 saturated heterocycles. The van der Waals surface area contributed by atoms with Gasteiger partial charge in [0.1, 0.15) is 23.7 Å². The largest absolute Gasteiger partial charge is 0.452 e. The van der Waals surface area contributed by atoms with Gasteiger partial charge < -0.3 is 23.7 Å². The number of benzene rings is 3. The zero-order valence-electron chi connectivity index (χ0n) is 23.9. The van der Waals surface area contributed by atoms with Crippen molar-refractivity contribution in [2.45, 2.75) is 80.3 Å². The highest BCUT2D eigenvalue weighted by Crippen LogP contribution is 2.39. The Bertz CT molecular complexity index is 1200. The molecule has 1 aliphatic rings. The van der Waals surface area contributed by atoms with Crippen molar-refractivity contribution >= 4 is 26.0 Å². The highest BCUT2D eigenvalue weighted by Gasteiger charge is 2.49. The summed E-state index contributed by atoms with van der Waals surface area (Å²) >= 11 is 1.41. The van der Waals surface area contributed by atoms with E-state index >= 15 is 0 Å². The summed E-state index contributed by atoms with van der Waals surface area (Å²) in [7, 11) is -2.12. The summed E-state index contributed by atoms with van der Waals surface area (Å²) in [5, 5.41) is 11.8. The first-order valence-corrected chi connectivity index (χ1v) is 17.4. The molecular formula is C32H40O6SSi. The van der Waals surface area contributed by atoms with Gasteiger partial charge in [-0.1, -0.05) is 99.3 Å². The maximum atomic E-state index is 13.1. The zero-order valence-corrected chi connectivity index (χ0v) is 25.7. The van der Waals surface area contributed by atoms with E-state index in [4.69, 9.17) is 18.6 Å². The molecule has 1 aliphatic heterocycles.